The minimum Gasteiger partial charge on any atom is -0.444 e. The zero-order valence-corrected chi connectivity index (χ0v) is 12.6. The molecule has 0 saturated heterocycles. The van der Waals surface area contributed by atoms with Crippen LogP contribution in [0.2, 0.25) is 0 Å². The zero-order chi connectivity index (χ0) is 14.6. The van der Waals surface area contributed by atoms with Crippen molar-refractivity contribution in [3.63, 3.8) is 0 Å². The van der Waals surface area contributed by atoms with E-state index >= 15 is 0 Å². The van der Waals surface area contributed by atoms with Crippen LogP contribution < -0.4 is 5.32 Å². The van der Waals surface area contributed by atoms with Gasteiger partial charge in [-0.15, -0.1) is 0 Å². The summed E-state index contributed by atoms with van der Waals surface area (Å²) in [5, 5.41) is 2.52. The van der Waals surface area contributed by atoms with Crippen LogP contribution in [0.15, 0.2) is 22.7 Å². The molecule has 0 aliphatic carbocycles. The van der Waals surface area contributed by atoms with E-state index in [1.807, 2.05) is 0 Å². The molecule has 0 bridgehead atoms. The van der Waals surface area contributed by atoms with Crippen molar-refractivity contribution in [1.29, 1.82) is 0 Å². The Morgan fingerprint density at radius 1 is 1.42 bits per heavy atom. The third kappa shape index (κ3) is 5.55. The Balaban J connectivity index is 2.64. The van der Waals surface area contributed by atoms with Crippen molar-refractivity contribution in [1.82, 2.24) is 5.32 Å². The first-order valence-electron chi connectivity index (χ1n) is 5.72. The zero-order valence-electron chi connectivity index (χ0n) is 11.0. The molecule has 0 fully saturated rings. The quantitative estimate of drug-likeness (QED) is 0.888. The first kappa shape index (κ1) is 15.9. The topological polar surface area (TPSA) is 38.3 Å². The van der Waals surface area contributed by atoms with Crippen molar-refractivity contribution in [3.8, 4) is 0 Å². The Labute approximate surface area is 119 Å². The fourth-order valence-corrected chi connectivity index (χ4v) is 1.78. The van der Waals surface area contributed by atoms with Crippen LogP contribution in [0.1, 0.15) is 38.3 Å². The molecule has 0 saturated carbocycles. The average Bonchev–Trinajstić information content (AvgIpc) is 2.25. The van der Waals surface area contributed by atoms with Gasteiger partial charge in [-0.05, 0) is 38.5 Å². The lowest BCUT2D eigenvalue weighted by Crippen LogP contribution is -2.32. The predicted octanol–water partition coefficient (Wildman–Crippen LogP) is 4.41. The van der Waals surface area contributed by atoms with E-state index in [0.717, 1.165) is 0 Å². The third-order valence-electron chi connectivity index (χ3n) is 2.13. The van der Waals surface area contributed by atoms with Gasteiger partial charge in [0.05, 0.1) is 0 Å². The van der Waals surface area contributed by atoms with Gasteiger partial charge in [-0.1, -0.05) is 22.0 Å². The van der Waals surface area contributed by atoms with Gasteiger partial charge in [-0.3, -0.25) is 0 Å². The Morgan fingerprint density at radius 3 is 2.58 bits per heavy atom. The Bertz CT molecular complexity index is 458. The Morgan fingerprint density at radius 2 is 2.05 bits per heavy atom. The highest BCUT2D eigenvalue weighted by Gasteiger charge is 2.16. The largest absolute Gasteiger partial charge is 0.444 e. The molecule has 106 valence electrons. The van der Waals surface area contributed by atoms with Gasteiger partial charge < -0.3 is 10.1 Å². The molecular weight excluding hydrogens is 320 g/mol. The van der Waals surface area contributed by atoms with Gasteiger partial charge in [0.2, 0.25) is 0 Å². The number of ether oxygens (including phenoxy) is 1. The number of alkyl halides is 2. The van der Waals surface area contributed by atoms with Gasteiger partial charge in [0.15, 0.2) is 0 Å². The molecule has 1 aromatic carbocycles. The molecule has 1 aromatic rings. The maximum absolute atomic E-state index is 12.7. The fraction of sp³-hybridized carbons (Fsp3) is 0.462. The van der Waals surface area contributed by atoms with Gasteiger partial charge >= 0.3 is 6.09 Å². The maximum Gasteiger partial charge on any atom is 0.407 e. The number of hydrogen-bond acceptors (Lipinski definition) is 2. The standard InChI is InChI=1S/C13H16BrF2NO2/c1-13(2,3)19-12(18)17-7-8-4-5-10(14)9(6-8)11(15)16/h4-6,11H,7H2,1-3H3,(H,17,18). The number of benzene rings is 1. The smallest absolute Gasteiger partial charge is 0.407 e. The third-order valence-corrected chi connectivity index (χ3v) is 2.85. The first-order valence-corrected chi connectivity index (χ1v) is 6.51. The van der Waals surface area contributed by atoms with Crippen molar-refractivity contribution in [2.24, 2.45) is 0 Å². The fourth-order valence-electron chi connectivity index (χ4n) is 1.36. The number of rotatable bonds is 3. The van der Waals surface area contributed by atoms with Gasteiger partial charge in [0.25, 0.3) is 6.43 Å². The van der Waals surface area contributed by atoms with Crippen LogP contribution in [-0.4, -0.2) is 11.7 Å². The molecule has 0 spiro atoms. The summed E-state index contributed by atoms with van der Waals surface area (Å²) in [6.45, 7) is 5.39. The summed E-state index contributed by atoms with van der Waals surface area (Å²) in [7, 11) is 0. The number of carbonyl (C=O) groups excluding carboxylic acids is 1. The molecule has 1 rings (SSSR count). The van der Waals surface area contributed by atoms with Crippen LogP contribution in [0.3, 0.4) is 0 Å². The molecule has 1 N–H and O–H groups in total. The lowest BCUT2D eigenvalue weighted by atomic mass is 10.1. The van der Waals surface area contributed by atoms with E-state index in [9.17, 15) is 13.6 Å². The van der Waals surface area contributed by atoms with Crippen molar-refractivity contribution < 1.29 is 18.3 Å². The Kier molecular flexibility index (Phi) is 5.29. The molecule has 0 aliphatic rings. The minimum atomic E-state index is -2.56. The van der Waals surface area contributed by atoms with E-state index in [2.05, 4.69) is 21.2 Å². The van der Waals surface area contributed by atoms with Crippen LogP contribution >= 0.6 is 15.9 Å². The second-order valence-electron chi connectivity index (χ2n) is 5.01. The van der Waals surface area contributed by atoms with Crippen molar-refractivity contribution in [2.75, 3.05) is 0 Å². The van der Waals surface area contributed by atoms with Crippen LogP contribution in [-0.2, 0) is 11.3 Å². The summed E-state index contributed by atoms with van der Waals surface area (Å²) in [6.07, 6.45) is -3.13. The summed E-state index contributed by atoms with van der Waals surface area (Å²) in [5.41, 5.74) is -0.0920. The number of halogens is 3. The van der Waals surface area contributed by atoms with Gasteiger partial charge in [0.1, 0.15) is 5.60 Å². The first-order chi connectivity index (χ1) is 8.69. The predicted molar refractivity (Wildman–Crippen MR) is 72.2 cm³/mol. The minimum absolute atomic E-state index is 0.0940. The highest BCUT2D eigenvalue weighted by Crippen LogP contribution is 2.28. The number of alkyl carbamates (subject to hydrolysis) is 1. The monoisotopic (exact) mass is 335 g/mol. The molecule has 1 amide bonds. The van der Waals surface area contributed by atoms with Crippen LogP contribution in [0.25, 0.3) is 0 Å². The van der Waals surface area contributed by atoms with Crippen LogP contribution in [0, 0.1) is 0 Å². The summed E-state index contributed by atoms with van der Waals surface area (Å²) < 4.78 is 30.8. The number of hydrogen-bond donors (Lipinski definition) is 1. The van der Waals surface area contributed by atoms with Crippen molar-refractivity contribution >= 4 is 22.0 Å². The van der Waals surface area contributed by atoms with Crippen LogP contribution in [0.5, 0.6) is 0 Å². The summed E-state index contributed by atoms with van der Waals surface area (Å²) in [6, 6.07) is 4.55. The van der Waals surface area contributed by atoms with Crippen LogP contribution in [0.4, 0.5) is 13.6 Å². The molecule has 0 atom stereocenters. The van der Waals surface area contributed by atoms with Crippen molar-refractivity contribution in [3.05, 3.63) is 33.8 Å². The van der Waals surface area contributed by atoms with E-state index in [0.29, 0.717) is 10.0 Å². The SMILES string of the molecule is CC(C)(C)OC(=O)NCc1ccc(Br)c(C(F)F)c1. The molecule has 0 aromatic heterocycles. The summed E-state index contributed by atoms with van der Waals surface area (Å²) in [4.78, 5) is 11.4. The molecule has 19 heavy (non-hydrogen) atoms. The molecular formula is C13H16BrF2NO2. The van der Waals surface area contributed by atoms with Gasteiger partial charge in [-0.2, -0.15) is 0 Å². The second kappa shape index (κ2) is 6.32. The molecule has 6 heteroatoms. The lowest BCUT2D eigenvalue weighted by Gasteiger charge is -2.19. The number of amides is 1. The number of carbonyl (C=O) groups is 1. The normalized spacial score (nSPS) is 11.5. The molecule has 0 heterocycles. The van der Waals surface area contributed by atoms with E-state index in [-0.39, 0.29) is 12.1 Å². The van der Waals surface area contributed by atoms with Gasteiger partial charge in [-0.25, -0.2) is 13.6 Å². The highest BCUT2D eigenvalue weighted by atomic mass is 79.9. The molecule has 0 radical (unpaired) electrons. The average molecular weight is 336 g/mol. The lowest BCUT2D eigenvalue weighted by molar-refractivity contribution is 0.0523. The van der Waals surface area contributed by atoms with E-state index < -0.39 is 18.1 Å². The number of nitrogens with one attached hydrogen (secondary N) is 1. The molecule has 0 aliphatic heterocycles. The second-order valence-corrected chi connectivity index (χ2v) is 5.87. The maximum atomic E-state index is 12.7. The summed E-state index contributed by atoms with van der Waals surface area (Å²) in [5.74, 6) is 0. The highest BCUT2D eigenvalue weighted by molar-refractivity contribution is 9.10. The van der Waals surface area contributed by atoms with E-state index in [1.54, 1.807) is 26.8 Å². The van der Waals surface area contributed by atoms with Gasteiger partial charge in [0, 0.05) is 16.6 Å². The van der Waals surface area contributed by atoms with E-state index in [4.69, 9.17) is 4.74 Å². The van der Waals surface area contributed by atoms with Crippen molar-refractivity contribution in [2.45, 2.75) is 39.3 Å². The van der Waals surface area contributed by atoms with E-state index in [1.165, 1.54) is 12.1 Å². The molecule has 0 unspecified atom stereocenters. The molecule has 3 nitrogen and oxygen atoms in total. The summed E-state index contributed by atoms with van der Waals surface area (Å²) >= 11 is 3.06. The Hall–Kier alpha value is -1.17.